The third kappa shape index (κ3) is 4.45. The Balaban J connectivity index is 2.11. The van der Waals surface area contributed by atoms with Crippen LogP contribution in [0.4, 0.5) is 0 Å². The molecule has 0 radical (unpaired) electrons. The molecule has 1 atom stereocenters. The first-order valence-electron chi connectivity index (χ1n) is 9.50. The molecule has 0 aromatic carbocycles. The molecule has 0 saturated heterocycles. The summed E-state index contributed by atoms with van der Waals surface area (Å²) in [5.74, 6) is 1.71. The van der Waals surface area contributed by atoms with Gasteiger partial charge in [0.15, 0.2) is 0 Å². The first-order chi connectivity index (χ1) is 10.2. The maximum Gasteiger partial charge on any atom is 0.0833 e. The maximum atomic E-state index is 6.22. The summed E-state index contributed by atoms with van der Waals surface area (Å²) in [5.41, 5.74) is 0.108. The highest BCUT2D eigenvalue weighted by Gasteiger charge is 2.44. The summed E-state index contributed by atoms with van der Waals surface area (Å²) in [5, 5.41) is 3.92. The van der Waals surface area contributed by atoms with Gasteiger partial charge in [0.2, 0.25) is 0 Å². The minimum atomic E-state index is 0.108. The van der Waals surface area contributed by atoms with E-state index in [1.807, 2.05) is 7.11 Å². The van der Waals surface area contributed by atoms with E-state index in [0.717, 1.165) is 18.4 Å². The fourth-order valence-corrected chi connectivity index (χ4v) is 4.62. The van der Waals surface area contributed by atoms with Gasteiger partial charge in [0.1, 0.15) is 0 Å². The molecule has 0 aliphatic heterocycles. The Morgan fingerprint density at radius 3 is 2.19 bits per heavy atom. The van der Waals surface area contributed by atoms with Gasteiger partial charge in [-0.2, -0.15) is 0 Å². The SMILES string of the molecule is CCCNC(C1CCCCCC1)C1(OC)CCC(C)CC1. The lowest BCUT2D eigenvalue weighted by Crippen LogP contribution is -2.57. The first-order valence-corrected chi connectivity index (χ1v) is 9.50. The Morgan fingerprint density at radius 1 is 1.05 bits per heavy atom. The third-order valence-electron chi connectivity index (χ3n) is 6.08. The first kappa shape index (κ1) is 17.3. The number of ether oxygens (including phenoxy) is 1. The van der Waals surface area contributed by atoms with E-state index < -0.39 is 0 Å². The minimum Gasteiger partial charge on any atom is -0.377 e. The molecule has 0 spiro atoms. The number of methoxy groups -OCH3 is 1. The molecular weight excluding hydrogens is 258 g/mol. The number of hydrogen-bond acceptors (Lipinski definition) is 2. The van der Waals surface area contributed by atoms with Crippen LogP contribution in [-0.2, 0) is 4.74 Å². The zero-order valence-corrected chi connectivity index (χ0v) is 14.6. The van der Waals surface area contributed by atoms with E-state index in [2.05, 4.69) is 19.2 Å². The second kappa shape index (κ2) is 8.53. The fraction of sp³-hybridized carbons (Fsp3) is 1.00. The van der Waals surface area contributed by atoms with E-state index in [-0.39, 0.29) is 5.60 Å². The molecule has 0 heterocycles. The van der Waals surface area contributed by atoms with Gasteiger partial charge in [0.25, 0.3) is 0 Å². The van der Waals surface area contributed by atoms with Crippen LogP contribution in [0.5, 0.6) is 0 Å². The van der Waals surface area contributed by atoms with Crippen molar-refractivity contribution in [1.82, 2.24) is 5.32 Å². The van der Waals surface area contributed by atoms with Crippen molar-refractivity contribution in [2.75, 3.05) is 13.7 Å². The number of rotatable bonds is 6. The molecule has 2 nitrogen and oxygen atoms in total. The molecule has 0 aromatic heterocycles. The highest BCUT2D eigenvalue weighted by atomic mass is 16.5. The van der Waals surface area contributed by atoms with Crippen LogP contribution in [0, 0.1) is 11.8 Å². The molecule has 21 heavy (non-hydrogen) atoms. The van der Waals surface area contributed by atoms with Crippen LogP contribution in [0.25, 0.3) is 0 Å². The second-order valence-corrected chi connectivity index (χ2v) is 7.63. The van der Waals surface area contributed by atoms with E-state index in [1.165, 1.54) is 70.6 Å². The van der Waals surface area contributed by atoms with Crippen molar-refractivity contribution in [2.45, 2.75) is 96.1 Å². The van der Waals surface area contributed by atoms with Crippen LogP contribution in [0.2, 0.25) is 0 Å². The lowest BCUT2D eigenvalue weighted by Gasteiger charge is -2.47. The average Bonchev–Trinajstić information content (AvgIpc) is 2.79. The summed E-state index contributed by atoms with van der Waals surface area (Å²) in [6.45, 7) is 5.82. The Kier molecular flexibility index (Phi) is 7.01. The van der Waals surface area contributed by atoms with Crippen molar-refractivity contribution >= 4 is 0 Å². The quantitative estimate of drug-likeness (QED) is 0.702. The van der Waals surface area contributed by atoms with Gasteiger partial charge < -0.3 is 10.1 Å². The van der Waals surface area contributed by atoms with Crippen molar-refractivity contribution in [3.05, 3.63) is 0 Å². The molecule has 1 unspecified atom stereocenters. The van der Waals surface area contributed by atoms with Gasteiger partial charge in [-0.05, 0) is 63.3 Å². The van der Waals surface area contributed by atoms with Crippen molar-refractivity contribution in [3.8, 4) is 0 Å². The summed E-state index contributed by atoms with van der Waals surface area (Å²) in [6.07, 6.45) is 14.9. The molecule has 0 bridgehead atoms. The summed E-state index contributed by atoms with van der Waals surface area (Å²) < 4.78 is 6.22. The molecule has 2 aliphatic rings. The van der Waals surface area contributed by atoms with Gasteiger partial charge in [-0.3, -0.25) is 0 Å². The van der Waals surface area contributed by atoms with Crippen LogP contribution in [0.3, 0.4) is 0 Å². The predicted octanol–water partition coefficient (Wildman–Crippen LogP) is 4.92. The Hall–Kier alpha value is -0.0800. The average molecular weight is 296 g/mol. The van der Waals surface area contributed by atoms with Crippen molar-refractivity contribution < 1.29 is 4.74 Å². The molecule has 124 valence electrons. The molecule has 2 aliphatic carbocycles. The monoisotopic (exact) mass is 295 g/mol. The van der Waals surface area contributed by atoms with Crippen LogP contribution in [0.15, 0.2) is 0 Å². The van der Waals surface area contributed by atoms with Crippen molar-refractivity contribution in [1.29, 1.82) is 0 Å². The molecule has 1 N–H and O–H groups in total. The van der Waals surface area contributed by atoms with Gasteiger partial charge in [-0.15, -0.1) is 0 Å². The molecule has 2 fully saturated rings. The fourth-order valence-electron chi connectivity index (χ4n) is 4.62. The van der Waals surface area contributed by atoms with Crippen molar-refractivity contribution in [2.24, 2.45) is 11.8 Å². The topological polar surface area (TPSA) is 21.3 Å². The molecule has 0 amide bonds. The molecule has 2 saturated carbocycles. The van der Waals surface area contributed by atoms with Gasteiger partial charge in [0.05, 0.1) is 5.60 Å². The van der Waals surface area contributed by atoms with Gasteiger partial charge in [0, 0.05) is 13.2 Å². The predicted molar refractivity (Wildman–Crippen MR) is 90.6 cm³/mol. The molecular formula is C19H37NO. The zero-order chi connectivity index (χ0) is 15.1. The lowest BCUT2D eigenvalue weighted by molar-refractivity contribution is -0.0897. The highest BCUT2D eigenvalue weighted by Crippen LogP contribution is 2.41. The molecule has 2 heteroatoms. The van der Waals surface area contributed by atoms with Gasteiger partial charge in [-0.1, -0.05) is 39.5 Å². The third-order valence-corrected chi connectivity index (χ3v) is 6.08. The normalized spacial score (nSPS) is 33.6. The smallest absolute Gasteiger partial charge is 0.0833 e. The second-order valence-electron chi connectivity index (χ2n) is 7.63. The standard InChI is InChI=1S/C19H37NO/c1-4-15-20-18(17-9-7-5-6-8-10-17)19(21-3)13-11-16(2)12-14-19/h16-18,20H,4-15H2,1-3H3. The van der Waals surface area contributed by atoms with E-state index in [0.29, 0.717) is 6.04 Å². The van der Waals surface area contributed by atoms with Gasteiger partial charge >= 0.3 is 0 Å². The summed E-state index contributed by atoms with van der Waals surface area (Å²) >= 11 is 0. The van der Waals surface area contributed by atoms with Crippen LogP contribution in [-0.4, -0.2) is 25.3 Å². The van der Waals surface area contributed by atoms with Crippen molar-refractivity contribution in [3.63, 3.8) is 0 Å². The Morgan fingerprint density at radius 2 is 1.67 bits per heavy atom. The number of hydrogen-bond donors (Lipinski definition) is 1. The van der Waals surface area contributed by atoms with Gasteiger partial charge in [-0.25, -0.2) is 0 Å². The van der Waals surface area contributed by atoms with E-state index in [4.69, 9.17) is 4.74 Å². The van der Waals surface area contributed by atoms with E-state index >= 15 is 0 Å². The minimum absolute atomic E-state index is 0.108. The number of nitrogens with one attached hydrogen (secondary N) is 1. The van der Waals surface area contributed by atoms with Crippen LogP contribution >= 0.6 is 0 Å². The highest BCUT2D eigenvalue weighted by molar-refractivity contribution is 4.99. The summed E-state index contributed by atoms with van der Waals surface area (Å²) in [4.78, 5) is 0. The maximum absolute atomic E-state index is 6.22. The largest absolute Gasteiger partial charge is 0.377 e. The van der Waals surface area contributed by atoms with E-state index in [9.17, 15) is 0 Å². The molecule has 0 aromatic rings. The zero-order valence-electron chi connectivity index (χ0n) is 14.6. The Labute approximate surface area is 132 Å². The summed E-state index contributed by atoms with van der Waals surface area (Å²) in [7, 11) is 1.97. The van der Waals surface area contributed by atoms with E-state index in [1.54, 1.807) is 0 Å². The lowest BCUT2D eigenvalue weighted by atomic mass is 9.70. The Bertz CT molecular complexity index is 275. The van der Waals surface area contributed by atoms with Crippen LogP contribution in [0.1, 0.15) is 84.5 Å². The van der Waals surface area contributed by atoms with Crippen LogP contribution < -0.4 is 5.32 Å². The summed E-state index contributed by atoms with van der Waals surface area (Å²) in [6, 6.07) is 0.577. The molecule has 2 rings (SSSR count).